The van der Waals surface area contributed by atoms with Crippen LogP contribution in [0.15, 0.2) is 0 Å². The van der Waals surface area contributed by atoms with Crippen molar-refractivity contribution in [3.05, 3.63) is 5.82 Å². The summed E-state index contributed by atoms with van der Waals surface area (Å²) in [5, 5.41) is 32.5. The van der Waals surface area contributed by atoms with Crippen LogP contribution in [0, 0.1) is 6.92 Å². The summed E-state index contributed by atoms with van der Waals surface area (Å²) in [7, 11) is 0. The number of aromatic nitrogens is 4. The van der Waals surface area contributed by atoms with E-state index in [4.69, 9.17) is 26.2 Å². The Hall–Kier alpha value is -2.99. The molecule has 1 aliphatic heterocycles. The average molecular weight is 382 g/mol. The number of hydrogen-bond donors (Lipinski definition) is 6. The molecule has 148 valence electrons. The number of H-pyrrole nitrogens is 1. The highest BCUT2D eigenvalue weighted by molar-refractivity contribution is 5.84. The highest BCUT2D eigenvalue weighted by Gasteiger charge is 2.29. The van der Waals surface area contributed by atoms with Gasteiger partial charge in [-0.25, -0.2) is 14.6 Å². The fourth-order valence-corrected chi connectivity index (χ4v) is 2.62. The third-order valence-corrected chi connectivity index (χ3v) is 3.93. The molecular formula is C15H22N6O6. The zero-order valence-corrected chi connectivity index (χ0v) is 14.7. The van der Waals surface area contributed by atoms with E-state index in [-0.39, 0.29) is 0 Å². The van der Waals surface area contributed by atoms with Crippen molar-refractivity contribution in [2.24, 2.45) is 0 Å². The van der Waals surface area contributed by atoms with Gasteiger partial charge < -0.3 is 36.0 Å². The number of carbonyl (C=O) groups is 2. The molecule has 0 aliphatic carbocycles. The molecule has 1 aliphatic rings. The maximum absolute atomic E-state index is 9.77. The van der Waals surface area contributed by atoms with E-state index in [2.05, 4.69) is 24.8 Å². The van der Waals surface area contributed by atoms with Gasteiger partial charge in [-0.3, -0.25) is 0 Å². The number of carboxylic acids is 2. The number of rotatable bonds is 4. The summed E-state index contributed by atoms with van der Waals surface area (Å²) in [6.07, 6.45) is -0.825. The van der Waals surface area contributed by atoms with Crippen LogP contribution in [0.2, 0.25) is 0 Å². The molecule has 1 saturated heterocycles. The molecule has 0 spiro atoms. The molecule has 3 heterocycles. The van der Waals surface area contributed by atoms with Gasteiger partial charge >= 0.3 is 11.9 Å². The molecule has 12 heteroatoms. The Balaban J connectivity index is 0.000000227. The van der Waals surface area contributed by atoms with E-state index in [1.54, 1.807) is 0 Å². The SMILES string of the molecule is Cc1nc2nc(N)nc(N3CCCCC3)c2[nH]1.O=C(O)[C@@H](O)[C@H](O)C(=O)O. The number of imidazole rings is 1. The first-order chi connectivity index (χ1) is 12.7. The van der Waals surface area contributed by atoms with E-state index in [0.29, 0.717) is 11.6 Å². The number of fused-ring (bicyclic) bond motifs is 1. The number of nitrogen functional groups attached to an aromatic ring is 1. The fourth-order valence-electron chi connectivity index (χ4n) is 2.62. The van der Waals surface area contributed by atoms with Crippen LogP contribution in [0.4, 0.5) is 11.8 Å². The van der Waals surface area contributed by atoms with Gasteiger partial charge in [-0.2, -0.15) is 9.97 Å². The van der Waals surface area contributed by atoms with Crippen LogP contribution in [-0.2, 0) is 9.59 Å². The van der Waals surface area contributed by atoms with Crippen LogP contribution in [0.3, 0.4) is 0 Å². The number of nitrogens with zero attached hydrogens (tertiary/aromatic N) is 4. The molecule has 1 fully saturated rings. The zero-order valence-electron chi connectivity index (χ0n) is 14.7. The van der Waals surface area contributed by atoms with Gasteiger partial charge in [-0.15, -0.1) is 0 Å². The highest BCUT2D eigenvalue weighted by Crippen LogP contribution is 2.25. The molecule has 7 N–H and O–H groups in total. The predicted molar refractivity (Wildman–Crippen MR) is 94.2 cm³/mol. The molecule has 0 amide bonds. The highest BCUT2D eigenvalue weighted by atomic mass is 16.4. The van der Waals surface area contributed by atoms with Crippen molar-refractivity contribution in [3.8, 4) is 0 Å². The summed E-state index contributed by atoms with van der Waals surface area (Å²) in [4.78, 5) is 37.9. The summed E-state index contributed by atoms with van der Waals surface area (Å²) in [6.45, 7) is 3.98. The van der Waals surface area contributed by atoms with Gasteiger partial charge in [0.25, 0.3) is 0 Å². The van der Waals surface area contributed by atoms with Gasteiger partial charge in [0, 0.05) is 13.1 Å². The smallest absolute Gasteiger partial charge is 0.335 e. The maximum atomic E-state index is 9.77. The number of piperidine rings is 1. The van der Waals surface area contributed by atoms with Crippen LogP contribution in [-0.4, -0.2) is 77.6 Å². The topological polar surface area (TPSA) is 199 Å². The van der Waals surface area contributed by atoms with Crippen molar-refractivity contribution in [1.29, 1.82) is 0 Å². The Bertz CT molecular complexity index is 800. The first kappa shape index (κ1) is 20.3. The second-order valence-corrected chi connectivity index (χ2v) is 6.04. The van der Waals surface area contributed by atoms with E-state index >= 15 is 0 Å². The van der Waals surface area contributed by atoms with Crippen LogP contribution in [0.25, 0.3) is 11.2 Å². The van der Waals surface area contributed by atoms with Crippen molar-refractivity contribution in [1.82, 2.24) is 19.9 Å². The standard InChI is InChI=1S/C11H16N6.C4H6O6/c1-7-13-8-9(14-7)15-11(12)16-10(8)17-5-3-2-4-6-17;5-1(3(7)8)2(6)4(9)10/h2-6H2,1H3,(H3,12,13,14,15,16);1-2,5-6H,(H,7,8)(H,9,10)/t;1-,2-/m.0/s1. The Morgan fingerprint density at radius 1 is 1.04 bits per heavy atom. The van der Waals surface area contributed by atoms with Gasteiger partial charge in [-0.05, 0) is 26.2 Å². The van der Waals surface area contributed by atoms with E-state index in [0.717, 1.165) is 30.2 Å². The average Bonchev–Trinajstić information content (AvgIpc) is 3.00. The molecule has 0 unspecified atom stereocenters. The monoisotopic (exact) mass is 382 g/mol. The summed E-state index contributed by atoms with van der Waals surface area (Å²) < 4.78 is 0. The predicted octanol–water partition coefficient (Wildman–Crippen LogP) is -0.889. The van der Waals surface area contributed by atoms with E-state index < -0.39 is 24.1 Å². The lowest BCUT2D eigenvalue weighted by atomic mass is 10.1. The largest absolute Gasteiger partial charge is 0.479 e. The van der Waals surface area contributed by atoms with Crippen LogP contribution < -0.4 is 10.6 Å². The van der Waals surface area contributed by atoms with Gasteiger partial charge in [0.15, 0.2) is 23.7 Å². The van der Waals surface area contributed by atoms with Crippen LogP contribution >= 0.6 is 0 Å². The van der Waals surface area contributed by atoms with E-state index in [9.17, 15) is 9.59 Å². The minimum atomic E-state index is -2.27. The van der Waals surface area contributed by atoms with Crippen LogP contribution in [0.1, 0.15) is 25.1 Å². The van der Waals surface area contributed by atoms with Gasteiger partial charge in [0.05, 0.1) is 0 Å². The third-order valence-electron chi connectivity index (χ3n) is 3.93. The number of nitrogens with two attached hydrogens (primary N) is 1. The molecule has 2 aromatic heterocycles. The summed E-state index contributed by atoms with van der Waals surface area (Å²) in [5.74, 6) is -1.50. The normalized spacial score (nSPS) is 16.3. The Labute approximate surface area is 153 Å². The number of aliphatic hydroxyl groups is 2. The zero-order chi connectivity index (χ0) is 20.1. The minimum Gasteiger partial charge on any atom is -0.479 e. The lowest BCUT2D eigenvalue weighted by molar-refractivity contribution is -0.165. The molecule has 0 aromatic carbocycles. The lowest BCUT2D eigenvalue weighted by Gasteiger charge is -2.27. The second-order valence-electron chi connectivity index (χ2n) is 6.04. The molecule has 12 nitrogen and oxygen atoms in total. The molecule has 0 bridgehead atoms. The summed E-state index contributed by atoms with van der Waals surface area (Å²) in [6, 6.07) is 0. The van der Waals surface area contributed by atoms with Crippen molar-refractivity contribution < 1.29 is 30.0 Å². The summed E-state index contributed by atoms with van der Waals surface area (Å²) in [5.41, 5.74) is 7.30. The van der Waals surface area contributed by atoms with Gasteiger partial charge in [0.2, 0.25) is 5.95 Å². The second kappa shape index (κ2) is 8.60. The first-order valence-corrected chi connectivity index (χ1v) is 8.27. The number of aliphatic carboxylic acids is 2. The molecule has 0 saturated carbocycles. The number of aromatic amines is 1. The number of aryl methyl sites for hydroxylation is 1. The molecule has 2 aromatic rings. The first-order valence-electron chi connectivity index (χ1n) is 8.27. The number of carboxylic acid groups (broad SMARTS) is 2. The Kier molecular flexibility index (Phi) is 6.47. The number of anilines is 2. The molecule has 0 radical (unpaired) electrons. The lowest BCUT2D eigenvalue weighted by Crippen LogP contribution is -2.39. The van der Waals surface area contributed by atoms with Crippen LogP contribution in [0.5, 0.6) is 0 Å². The molecular weight excluding hydrogens is 360 g/mol. The van der Waals surface area contributed by atoms with E-state index in [1.807, 2.05) is 6.92 Å². The Morgan fingerprint density at radius 2 is 1.59 bits per heavy atom. The van der Waals surface area contributed by atoms with Gasteiger partial charge in [0.1, 0.15) is 11.3 Å². The van der Waals surface area contributed by atoms with E-state index in [1.165, 1.54) is 19.3 Å². The molecule has 27 heavy (non-hydrogen) atoms. The maximum Gasteiger partial charge on any atom is 0.335 e. The number of hydrogen-bond acceptors (Lipinski definition) is 9. The summed E-state index contributed by atoms with van der Waals surface area (Å²) >= 11 is 0. The number of nitrogens with one attached hydrogen (secondary N) is 1. The Morgan fingerprint density at radius 3 is 2.11 bits per heavy atom. The van der Waals surface area contributed by atoms with Gasteiger partial charge in [-0.1, -0.05) is 0 Å². The van der Waals surface area contributed by atoms with Crippen molar-refractivity contribution >= 4 is 34.9 Å². The quantitative estimate of drug-likeness (QED) is 0.383. The molecule has 3 rings (SSSR count). The third kappa shape index (κ3) is 5.01. The van der Waals surface area contributed by atoms with Crippen molar-refractivity contribution in [2.45, 2.75) is 38.4 Å². The number of aliphatic hydroxyl groups excluding tert-OH is 2. The minimum absolute atomic E-state index is 0.296. The van der Waals surface area contributed by atoms with Crippen molar-refractivity contribution in [2.75, 3.05) is 23.7 Å². The fraction of sp³-hybridized carbons (Fsp3) is 0.533. The molecule has 2 atom stereocenters. The van der Waals surface area contributed by atoms with Crippen molar-refractivity contribution in [3.63, 3.8) is 0 Å².